The number of allylic oxidation sites excluding steroid dienone is 2. The molecule has 1 aliphatic rings. The highest BCUT2D eigenvalue weighted by molar-refractivity contribution is 6.87. The van der Waals surface area contributed by atoms with Crippen LogP contribution in [0.3, 0.4) is 0 Å². The molecular formula is C21H48O8Si4. The van der Waals surface area contributed by atoms with E-state index < -0.39 is 34.2 Å². The minimum Gasteiger partial charge on any atom is -0.398 e. The molecule has 1 fully saturated rings. The Morgan fingerprint density at radius 2 is 1.00 bits per heavy atom. The molecule has 12 heteroatoms. The van der Waals surface area contributed by atoms with E-state index in [2.05, 4.69) is 12.2 Å². The van der Waals surface area contributed by atoms with Crippen LogP contribution in [0.1, 0.15) is 32.1 Å². The van der Waals surface area contributed by atoms with Gasteiger partial charge in [-0.25, -0.2) is 0 Å². The quantitative estimate of drug-likeness (QED) is 0.197. The van der Waals surface area contributed by atoms with Crippen molar-refractivity contribution in [1.82, 2.24) is 0 Å². The SMILES string of the molecule is CO[Si](C)(C[Si](C/C=C/C[Si](C[Si](OC)(OC)C1CCCCC1)(OC)OC)(OC)OC)OC. The van der Waals surface area contributed by atoms with E-state index in [-0.39, 0.29) is 0 Å². The lowest BCUT2D eigenvalue weighted by molar-refractivity contribution is 0.204. The molecule has 1 saturated carbocycles. The summed E-state index contributed by atoms with van der Waals surface area (Å²) in [6, 6.07) is 1.42. The highest BCUT2D eigenvalue weighted by Gasteiger charge is 2.53. The van der Waals surface area contributed by atoms with E-state index in [1.807, 2.05) is 6.55 Å². The van der Waals surface area contributed by atoms with Gasteiger partial charge in [-0.2, -0.15) is 0 Å². The summed E-state index contributed by atoms with van der Waals surface area (Å²) in [5, 5.41) is 0. The molecule has 0 N–H and O–H groups in total. The van der Waals surface area contributed by atoms with Crippen molar-refractivity contribution in [3.63, 3.8) is 0 Å². The van der Waals surface area contributed by atoms with Gasteiger partial charge in [0, 0.05) is 85.8 Å². The maximum absolute atomic E-state index is 6.17. The molecule has 33 heavy (non-hydrogen) atoms. The lowest BCUT2D eigenvalue weighted by Gasteiger charge is -2.41. The first kappa shape index (κ1) is 31.3. The fourth-order valence-electron chi connectivity index (χ4n) is 4.80. The maximum atomic E-state index is 6.17. The summed E-state index contributed by atoms with van der Waals surface area (Å²) in [6.45, 7) is 2.04. The van der Waals surface area contributed by atoms with E-state index >= 15 is 0 Å². The van der Waals surface area contributed by atoms with Crippen molar-refractivity contribution < 1.29 is 35.4 Å². The lowest BCUT2D eigenvalue weighted by Crippen LogP contribution is -2.56. The van der Waals surface area contributed by atoms with Crippen LogP contribution in [0.15, 0.2) is 12.2 Å². The predicted molar refractivity (Wildman–Crippen MR) is 140 cm³/mol. The average Bonchev–Trinajstić information content (AvgIpc) is 2.88. The number of hydrogen-bond acceptors (Lipinski definition) is 8. The fourth-order valence-corrected chi connectivity index (χ4v) is 23.0. The van der Waals surface area contributed by atoms with E-state index in [1.165, 1.54) is 32.1 Å². The van der Waals surface area contributed by atoms with E-state index in [0.717, 1.165) is 11.7 Å². The van der Waals surface area contributed by atoms with Crippen LogP contribution in [-0.2, 0) is 35.4 Å². The van der Waals surface area contributed by atoms with Crippen molar-refractivity contribution in [3.8, 4) is 0 Å². The van der Waals surface area contributed by atoms with E-state index in [9.17, 15) is 0 Å². The largest absolute Gasteiger partial charge is 0.398 e. The Hall–Kier alpha value is 0.288. The van der Waals surface area contributed by atoms with Crippen LogP contribution in [0.2, 0.25) is 35.5 Å². The van der Waals surface area contributed by atoms with Crippen molar-refractivity contribution in [2.45, 2.75) is 67.6 Å². The van der Waals surface area contributed by atoms with Crippen LogP contribution >= 0.6 is 0 Å². The molecule has 1 aliphatic carbocycles. The Kier molecular flexibility index (Phi) is 14.0. The second kappa shape index (κ2) is 14.8. The van der Waals surface area contributed by atoms with Gasteiger partial charge >= 0.3 is 34.2 Å². The van der Waals surface area contributed by atoms with Crippen LogP contribution in [0.25, 0.3) is 0 Å². The second-order valence-electron chi connectivity index (χ2n) is 8.97. The van der Waals surface area contributed by atoms with Gasteiger partial charge in [0.2, 0.25) is 0 Å². The molecule has 0 aromatic carbocycles. The van der Waals surface area contributed by atoms with Crippen LogP contribution in [-0.4, -0.2) is 91.1 Å². The zero-order valence-electron chi connectivity index (χ0n) is 22.4. The molecule has 8 nitrogen and oxygen atoms in total. The summed E-state index contributed by atoms with van der Waals surface area (Å²) in [5.74, 6) is 0. The van der Waals surface area contributed by atoms with Gasteiger partial charge in [-0.1, -0.05) is 31.4 Å². The molecule has 196 valence electrons. The van der Waals surface area contributed by atoms with Gasteiger partial charge in [-0.05, 0) is 19.4 Å². The molecule has 0 spiro atoms. The zero-order valence-corrected chi connectivity index (χ0v) is 26.4. The highest BCUT2D eigenvalue weighted by Crippen LogP contribution is 2.42. The van der Waals surface area contributed by atoms with Gasteiger partial charge < -0.3 is 35.4 Å². The van der Waals surface area contributed by atoms with Gasteiger partial charge in [0.05, 0.1) is 0 Å². The van der Waals surface area contributed by atoms with Gasteiger partial charge in [-0.15, -0.1) is 0 Å². The van der Waals surface area contributed by atoms with E-state index in [4.69, 9.17) is 35.4 Å². The predicted octanol–water partition coefficient (Wildman–Crippen LogP) is 4.53. The summed E-state index contributed by atoms with van der Waals surface area (Å²) in [7, 11) is 4.07. The Bertz CT molecular complexity index is 558. The third-order valence-electron chi connectivity index (χ3n) is 7.40. The van der Waals surface area contributed by atoms with Gasteiger partial charge in [0.15, 0.2) is 0 Å². The summed E-state index contributed by atoms with van der Waals surface area (Å²) in [4.78, 5) is 0. The Balaban J connectivity index is 2.99. The molecule has 0 amide bonds. The monoisotopic (exact) mass is 540 g/mol. The first-order valence-corrected chi connectivity index (χ1v) is 20.9. The van der Waals surface area contributed by atoms with Crippen LogP contribution in [0.5, 0.6) is 0 Å². The molecular weight excluding hydrogens is 493 g/mol. The van der Waals surface area contributed by atoms with Gasteiger partial charge in [0.1, 0.15) is 0 Å². The van der Waals surface area contributed by atoms with Crippen molar-refractivity contribution >= 4 is 34.2 Å². The summed E-state index contributed by atoms with van der Waals surface area (Å²) < 4.78 is 47.8. The highest BCUT2D eigenvalue weighted by atomic mass is 28.4. The molecule has 1 rings (SSSR count). The lowest BCUT2D eigenvalue weighted by atomic mass is 10.0. The minimum atomic E-state index is -2.56. The Morgan fingerprint density at radius 1 is 0.576 bits per heavy atom. The number of rotatable bonds is 17. The minimum absolute atomic E-state index is 0.482. The van der Waals surface area contributed by atoms with E-state index in [1.54, 1.807) is 56.9 Å². The molecule has 0 aromatic rings. The molecule has 0 aromatic heterocycles. The molecule has 0 radical (unpaired) electrons. The Labute approximate surface area is 206 Å². The summed E-state index contributed by atoms with van der Waals surface area (Å²) in [5.41, 5.74) is 1.92. The average molecular weight is 541 g/mol. The smallest absolute Gasteiger partial charge is 0.343 e. The topological polar surface area (TPSA) is 73.8 Å². The first-order valence-electron chi connectivity index (χ1n) is 11.8. The third kappa shape index (κ3) is 8.43. The van der Waals surface area contributed by atoms with Crippen molar-refractivity contribution in [1.29, 1.82) is 0 Å². The second-order valence-corrected chi connectivity index (χ2v) is 24.2. The standard InChI is InChI=1S/C21H48O8Si4/c1-22-30(9,23-2)19-31(24-3,25-4)17-13-14-18-32(26-5,27-6)20-33(28-7,29-8)21-15-11-10-12-16-21/h13-14,21H,10-12,15-20H2,1-9H3/b14-13+. The molecule has 0 atom stereocenters. The van der Waals surface area contributed by atoms with Gasteiger partial charge in [0.25, 0.3) is 0 Å². The van der Waals surface area contributed by atoms with Crippen LogP contribution in [0.4, 0.5) is 0 Å². The molecule has 0 heterocycles. The van der Waals surface area contributed by atoms with Gasteiger partial charge in [-0.3, -0.25) is 0 Å². The molecule has 0 unspecified atom stereocenters. The normalized spacial score (nSPS) is 17.2. The Morgan fingerprint density at radius 3 is 1.36 bits per heavy atom. The molecule has 0 aliphatic heterocycles. The zero-order chi connectivity index (χ0) is 25.0. The van der Waals surface area contributed by atoms with Crippen LogP contribution in [0, 0.1) is 0 Å². The van der Waals surface area contributed by atoms with Crippen LogP contribution < -0.4 is 0 Å². The fraction of sp³-hybridized carbons (Fsp3) is 0.905. The van der Waals surface area contributed by atoms with Crippen molar-refractivity contribution in [2.75, 3.05) is 56.9 Å². The maximum Gasteiger partial charge on any atom is 0.343 e. The van der Waals surface area contributed by atoms with Crippen molar-refractivity contribution in [2.24, 2.45) is 0 Å². The summed E-state index contributed by atoms with van der Waals surface area (Å²) >= 11 is 0. The van der Waals surface area contributed by atoms with E-state index in [0.29, 0.717) is 17.3 Å². The van der Waals surface area contributed by atoms with Crippen molar-refractivity contribution in [3.05, 3.63) is 12.2 Å². The summed E-state index contributed by atoms with van der Waals surface area (Å²) in [6.07, 6.45) is 10.4. The molecule has 0 saturated heterocycles. The number of hydrogen-bond donors (Lipinski definition) is 0. The first-order chi connectivity index (χ1) is 15.7. The third-order valence-corrected chi connectivity index (χ3v) is 25.9. The molecule has 0 bridgehead atoms.